The van der Waals surface area contributed by atoms with E-state index in [-0.39, 0.29) is 17.6 Å². The topological polar surface area (TPSA) is 96.0 Å². The summed E-state index contributed by atoms with van der Waals surface area (Å²) in [5, 5.41) is 9.95. The van der Waals surface area contributed by atoms with Gasteiger partial charge in [-0.3, -0.25) is 14.6 Å². The number of nitrogens with zero attached hydrogens (tertiary/aromatic N) is 2. The zero-order chi connectivity index (χ0) is 17.2. The zero-order valence-corrected chi connectivity index (χ0v) is 14.4. The van der Waals surface area contributed by atoms with Crippen molar-refractivity contribution in [2.75, 3.05) is 25.0 Å². The van der Waals surface area contributed by atoms with E-state index in [1.807, 2.05) is 0 Å². The number of pyridine rings is 1. The SMILES string of the molecule is O=C(Nc1nc2c(s1)[C@H](C(=O)c1cccnc1)NCC2)C1CCNC1. The number of fused-ring (bicyclic) bond motifs is 1. The average Bonchev–Trinajstić information content (AvgIpc) is 3.30. The van der Waals surface area contributed by atoms with Gasteiger partial charge in [0.05, 0.1) is 16.5 Å². The number of anilines is 1. The van der Waals surface area contributed by atoms with E-state index < -0.39 is 6.04 Å². The number of aromatic nitrogens is 2. The predicted molar refractivity (Wildman–Crippen MR) is 94.7 cm³/mol. The lowest BCUT2D eigenvalue weighted by atomic mass is 10.00. The van der Waals surface area contributed by atoms with Crippen LogP contribution in [0.25, 0.3) is 0 Å². The van der Waals surface area contributed by atoms with Gasteiger partial charge in [-0.2, -0.15) is 0 Å². The summed E-state index contributed by atoms with van der Waals surface area (Å²) in [5.74, 6) is -0.0263. The van der Waals surface area contributed by atoms with E-state index in [0.717, 1.165) is 30.0 Å². The van der Waals surface area contributed by atoms with Crippen LogP contribution in [0.15, 0.2) is 24.5 Å². The van der Waals surface area contributed by atoms with Gasteiger partial charge in [0.2, 0.25) is 5.91 Å². The van der Waals surface area contributed by atoms with E-state index in [0.29, 0.717) is 23.8 Å². The van der Waals surface area contributed by atoms with E-state index >= 15 is 0 Å². The Balaban J connectivity index is 1.54. The molecule has 2 aromatic heterocycles. The molecule has 1 fully saturated rings. The monoisotopic (exact) mass is 357 g/mol. The fourth-order valence-electron chi connectivity index (χ4n) is 3.22. The Hall–Kier alpha value is -2.16. The van der Waals surface area contributed by atoms with E-state index in [1.165, 1.54) is 11.3 Å². The predicted octanol–water partition coefficient (Wildman–Crippen LogP) is 1.16. The molecule has 4 heterocycles. The van der Waals surface area contributed by atoms with Crippen LogP contribution in [-0.4, -0.2) is 41.3 Å². The molecule has 130 valence electrons. The summed E-state index contributed by atoms with van der Waals surface area (Å²) in [7, 11) is 0. The summed E-state index contributed by atoms with van der Waals surface area (Å²) in [6.45, 7) is 2.27. The lowest BCUT2D eigenvalue weighted by Gasteiger charge is -2.21. The molecule has 0 saturated carbocycles. The number of hydrogen-bond donors (Lipinski definition) is 3. The van der Waals surface area contributed by atoms with Gasteiger partial charge in [-0.1, -0.05) is 11.3 Å². The average molecular weight is 357 g/mol. The Morgan fingerprint density at radius 1 is 1.32 bits per heavy atom. The molecule has 0 bridgehead atoms. The molecular formula is C17H19N5O2S. The molecule has 0 spiro atoms. The van der Waals surface area contributed by atoms with Gasteiger partial charge in [0, 0.05) is 37.5 Å². The van der Waals surface area contributed by atoms with Crippen molar-refractivity contribution < 1.29 is 9.59 Å². The van der Waals surface area contributed by atoms with Gasteiger partial charge in [0.25, 0.3) is 0 Å². The molecule has 2 aliphatic rings. The lowest BCUT2D eigenvalue weighted by molar-refractivity contribution is -0.119. The smallest absolute Gasteiger partial charge is 0.230 e. The van der Waals surface area contributed by atoms with Crippen molar-refractivity contribution in [2.45, 2.75) is 18.9 Å². The van der Waals surface area contributed by atoms with Crippen LogP contribution in [0, 0.1) is 5.92 Å². The second-order valence-electron chi connectivity index (χ2n) is 6.25. The van der Waals surface area contributed by atoms with Crippen LogP contribution in [-0.2, 0) is 11.2 Å². The number of carbonyl (C=O) groups excluding carboxylic acids is 2. The number of hydrogen-bond acceptors (Lipinski definition) is 7. The highest BCUT2D eigenvalue weighted by Crippen LogP contribution is 2.33. The molecule has 7 nitrogen and oxygen atoms in total. The highest BCUT2D eigenvalue weighted by Gasteiger charge is 2.31. The van der Waals surface area contributed by atoms with Crippen molar-refractivity contribution in [2.24, 2.45) is 5.92 Å². The molecule has 1 amide bonds. The van der Waals surface area contributed by atoms with Gasteiger partial charge in [-0.15, -0.1) is 0 Å². The van der Waals surface area contributed by atoms with Gasteiger partial charge >= 0.3 is 0 Å². The Morgan fingerprint density at radius 3 is 3.00 bits per heavy atom. The van der Waals surface area contributed by atoms with Gasteiger partial charge in [-0.25, -0.2) is 4.98 Å². The molecule has 8 heteroatoms. The Morgan fingerprint density at radius 2 is 2.24 bits per heavy atom. The third-order valence-corrected chi connectivity index (χ3v) is 5.65. The third-order valence-electron chi connectivity index (χ3n) is 4.57. The molecule has 0 aliphatic carbocycles. The maximum absolute atomic E-state index is 12.8. The van der Waals surface area contributed by atoms with Gasteiger partial charge in [0.15, 0.2) is 10.9 Å². The van der Waals surface area contributed by atoms with Gasteiger partial charge in [-0.05, 0) is 25.1 Å². The summed E-state index contributed by atoms with van der Waals surface area (Å²) >= 11 is 1.39. The first-order valence-corrected chi connectivity index (χ1v) is 9.23. The standard InChI is InChI=1S/C17H19N5O2S/c23-14(10-2-1-5-18-8-10)13-15-12(4-7-20-13)21-17(25-15)22-16(24)11-3-6-19-9-11/h1-2,5,8,11,13,19-20H,3-4,6-7,9H2,(H,21,22,24)/t11?,13-/m0/s1. The van der Waals surface area contributed by atoms with E-state index in [1.54, 1.807) is 24.5 Å². The molecule has 4 rings (SSSR count). The minimum absolute atomic E-state index is 0.000748. The van der Waals surface area contributed by atoms with Crippen molar-refractivity contribution in [3.05, 3.63) is 40.7 Å². The third kappa shape index (κ3) is 3.33. The van der Waals surface area contributed by atoms with Gasteiger partial charge in [0.1, 0.15) is 6.04 Å². The molecule has 3 N–H and O–H groups in total. The number of thiazole rings is 1. The number of ketones is 1. The normalized spacial score (nSPS) is 22.4. The Labute approximate surface area is 149 Å². The quantitative estimate of drug-likeness (QED) is 0.711. The molecular weight excluding hydrogens is 338 g/mol. The van der Waals surface area contributed by atoms with Crippen molar-refractivity contribution in [1.29, 1.82) is 0 Å². The molecule has 25 heavy (non-hydrogen) atoms. The van der Waals surface area contributed by atoms with Crippen molar-refractivity contribution >= 4 is 28.2 Å². The lowest BCUT2D eigenvalue weighted by Crippen LogP contribution is -2.34. The summed E-state index contributed by atoms with van der Waals surface area (Å²) in [6.07, 6.45) is 4.83. The van der Waals surface area contributed by atoms with E-state index in [4.69, 9.17) is 0 Å². The van der Waals surface area contributed by atoms with Crippen LogP contribution < -0.4 is 16.0 Å². The summed E-state index contributed by atoms with van der Waals surface area (Å²) in [6, 6.07) is 3.09. The highest BCUT2D eigenvalue weighted by atomic mass is 32.1. The molecule has 2 aliphatic heterocycles. The Kier molecular flexibility index (Phi) is 4.56. The van der Waals surface area contributed by atoms with Crippen LogP contribution in [0.5, 0.6) is 0 Å². The number of Topliss-reactive ketones (excluding diaryl/α,β-unsaturated/α-hetero) is 1. The largest absolute Gasteiger partial charge is 0.316 e. The maximum atomic E-state index is 12.8. The number of rotatable bonds is 4. The fraction of sp³-hybridized carbons (Fsp3) is 0.412. The minimum Gasteiger partial charge on any atom is -0.316 e. The van der Waals surface area contributed by atoms with Gasteiger partial charge < -0.3 is 16.0 Å². The summed E-state index contributed by atoms with van der Waals surface area (Å²) < 4.78 is 0. The van der Waals surface area contributed by atoms with Crippen LogP contribution in [0.2, 0.25) is 0 Å². The number of nitrogens with one attached hydrogen (secondary N) is 3. The molecule has 2 atom stereocenters. The molecule has 1 unspecified atom stereocenters. The van der Waals surface area contributed by atoms with Crippen molar-refractivity contribution in [3.8, 4) is 0 Å². The number of amides is 1. The van der Waals surface area contributed by atoms with Crippen molar-refractivity contribution in [1.82, 2.24) is 20.6 Å². The first kappa shape index (κ1) is 16.3. The summed E-state index contributed by atoms with van der Waals surface area (Å²) in [4.78, 5) is 34.5. The minimum atomic E-state index is -0.427. The van der Waals surface area contributed by atoms with E-state index in [9.17, 15) is 9.59 Å². The molecule has 1 saturated heterocycles. The molecule has 0 aromatic carbocycles. The second-order valence-corrected chi connectivity index (χ2v) is 7.28. The van der Waals surface area contributed by atoms with Crippen LogP contribution in [0.3, 0.4) is 0 Å². The first-order valence-electron chi connectivity index (χ1n) is 8.41. The molecule has 2 aromatic rings. The summed E-state index contributed by atoms with van der Waals surface area (Å²) in [5.41, 5.74) is 1.47. The highest BCUT2D eigenvalue weighted by molar-refractivity contribution is 7.16. The fourth-order valence-corrected chi connectivity index (χ4v) is 4.31. The van der Waals surface area contributed by atoms with Crippen LogP contribution >= 0.6 is 11.3 Å². The van der Waals surface area contributed by atoms with Crippen molar-refractivity contribution in [3.63, 3.8) is 0 Å². The van der Waals surface area contributed by atoms with Crippen LogP contribution in [0.4, 0.5) is 5.13 Å². The molecule has 0 radical (unpaired) electrons. The Bertz CT molecular complexity index is 786. The second kappa shape index (κ2) is 6.99. The first-order chi connectivity index (χ1) is 12.2. The van der Waals surface area contributed by atoms with E-state index in [2.05, 4.69) is 25.9 Å². The van der Waals surface area contributed by atoms with Crippen LogP contribution in [0.1, 0.15) is 33.4 Å². The maximum Gasteiger partial charge on any atom is 0.230 e. The number of carbonyl (C=O) groups is 2. The zero-order valence-electron chi connectivity index (χ0n) is 13.6.